The second-order valence-corrected chi connectivity index (χ2v) is 8.70. The highest BCUT2D eigenvalue weighted by molar-refractivity contribution is 7.80. The molecule has 1 fully saturated rings. The van der Waals surface area contributed by atoms with E-state index >= 15 is 0 Å². The van der Waals surface area contributed by atoms with E-state index in [0.29, 0.717) is 22.2 Å². The number of thiocarbonyl (C=S) groups is 1. The van der Waals surface area contributed by atoms with Crippen LogP contribution in [-0.4, -0.2) is 21.2 Å². The van der Waals surface area contributed by atoms with E-state index in [-0.39, 0.29) is 17.6 Å². The number of nitrogens with one attached hydrogen (secondary N) is 1. The minimum Gasteiger partial charge on any atom is -0.478 e. The molecular weight excluding hydrogens is 446 g/mol. The van der Waals surface area contributed by atoms with Crippen molar-refractivity contribution in [1.82, 2.24) is 10.3 Å². The Labute approximate surface area is 202 Å². The van der Waals surface area contributed by atoms with Crippen LogP contribution < -0.4 is 10.2 Å². The van der Waals surface area contributed by atoms with Gasteiger partial charge in [-0.2, -0.15) is 0 Å². The molecule has 170 valence electrons. The summed E-state index contributed by atoms with van der Waals surface area (Å²) in [4.78, 5) is 18.4. The number of aromatic nitrogens is 1. The Balaban J connectivity index is 1.63. The van der Waals surface area contributed by atoms with Gasteiger partial charge in [-0.25, -0.2) is 4.79 Å². The average Bonchev–Trinajstić information content (AvgIpc) is 3.46. The fourth-order valence-electron chi connectivity index (χ4n) is 4.34. The van der Waals surface area contributed by atoms with Gasteiger partial charge in [0.05, 0.1) is 17.3 Å². The van der Waals surface area contributed by atoms with E-state index in [4.69, 9.17) is 16.6 Å². The lowest BCUT2D eigenvalue weighted by molar-refractivity contribution is 0.0697. The molecule has 0 saturated carbocycles. The number of hydrogen-bond acceptors (Lipinski definition) is 4. The summed E-state index contributed by atoms with van der Waals surface area (Å²) >= 11 is 5.78. The molecule has 2 N–H and O–H groups in total. The predicted octanol–water partition coefficient (Wildman–Crippen LogP) is 5.83. The summed E-state index contributed by atoms with van der Waals surface area (Å²) in [6, 6.07) is 22.0. The van der Waals surface area contributed by atoms with Gasteiger partial charge >= 0.3 is 5.97 Å². The maximum absolute atomic E-state index is 11.7. The van der Waals surface area contributed by atoms with Crippen LogP contribution in [-0.2, 0) is 0 Å². The number of carboxylic acid groups (broad SMARTS) is 1. The van der Waals surface area contributed by atoms with Crippen LogP contribution in [0.25, 0.3) is 11.3 Å². The van der Waals surface area contributed by atoms with E-state index in [2.05, 4.69) is 36.3 Å². The molecule has 4 aromatic rings. The monoisotopic (exact) mass is 469 g/mol. The fraction of sp³-hybridized carbons (Fsp3) is 0.148. The Morgan fingerprint density at radius 3 is 2.56 bits per heavy atom. The molecule has 1 aliphatic rings. The summed E-state index contributed by atoms with van der Waals surface area (Å²) in [6.45, 7) is 4.15. The van der Waals surface area contributed by atoms with Crippen molar-refractivity contribution in [2.75, 3.05) is 4.90 Å². The molecule has 0 aliphatic carbocycles. The molecule has 2 aromatic carbocycles. The number of aryl methyl sites for hydroxylation is 2. The van der Waals surface area contributed by atoms with Gasteiger partial charge in [0.25, 0.3) is 0 Å². The van der Waals surface area contributed by atoms with E-state index in [9.17, 15) is 9.90 Å². The van der Waals surface area contributed by atoms with Crippen LogP contribution in [0.2, 0.25) is 0 Å². The van der Waals surface area contributed by atoms with Crippen molar-refractivity contribution in [3.8, 4) is 11.3 Å². The van der Waals surface area contributed by atoms with E-state index in [1.54, 1.807) is 30.5 Å². The molecule has 3 heterocycles. The summed E-state index contributed by atoms with van der Waals surface area (Å²) in [7, 11) is 0. The first kappa shape index (κ1) is 21.9. The predicted molar refractivity (Wildman–Crippen MR) is 135 cm³/mol. The van der Waals surface area contributed by atoms with Crippen LogP contribution in [0.5, 0.6) is 0 Å². The Kier molecular flexibility index (Phi) is 5.63. The lowest BCUT2D eigenvalue weighted by atomic mass is 10.0. The number of carbonyl (C=O) groups is 1. The minimum absolute atomic E-state index is 0.191. The highest BCUT2D eigenvalue weighted by Crippen LogP contribution is 2.43. The molecule has 34 heavy (non-hydrogen) atoms. The van der Waals surface area contributed by atoms with Crippen molar-refractivity contribution in [3.05, 3.63) is 107 Å². The minimum atomic E-state index is -1.000. The topological polar surface area (TPSA) is 78.6 Å². The van der Waals surface area contributed by atoms with Crippen LogP contribution in [0.3, 0.4) is 0 Å². The van der Waals surface area contributed by atoms with Crippen molar-refractivity contribution in [2.24, 2.45) is 0 Å². The molecule has 1 saturated heterocycles. The molecule has 0 unspecified atom stereocenters. The van der Waals surface area contributed by atoms with E-state index < -0.39 is 5.97 Å². The van der Waals surface area contributed by atoms with Gasteiger partial charge in [-0.05, 0) is 79.7 Å². The second kappa shape index (κ2) is 8.76. The first-order chi connectivity index (χ1) is 16.4. The van der Waals surface area contributed by atoms with Crippen molar-refractivity contribution >= 4 is 29.0 Å². The first-order valence-corrected chi connectivity index (χ1v) is 11.3. The maximum Gasteiger partial charge on any atom is 0.336 e. The SMILES string of the molecule is Cc1ccc(N2C(=S)N[C@@H](c3ccccn3)[C@@H]2c2ccc(-c3ccccc3C(=O)O)o2)cc1C. The zero-order valence-corrected chi connectivity index (χ0v) is 19.5. The number of furan rings is 1. The molecule has 1 aliphatic heterocycles. The highest BCUT2D eigenvalue weighted by atomic mass is 32.1. The first-order valence-electron chi connectivity index (χ1n) is 10.9. The van der Waals surface area contributed by atoms with Crippen LogP contribution in [0.1, 0.15) is 45.0 Å². The van der Waals surface area contributed by atoms with Gasteiger partial charge in [0.15, 0.2) is 5.11 Å². The van der Waals surface area contributed by atoms with Gasteiger partial charge in [0.1, 0.15) is 17.6 Å². The Morgan fingerprint density at radius 1 is 1.03 bits per heavy atom. The molecule has 6 nitrogen and oxygen atoms in total. The summed E-state index contributed by atoms with van der Waals surface area (Å²) in [5, 5.41) is 13.6. The number of nitrogens with zero attached hydrogens (tertiary/aromatic N) is 2. The normalized spacial score (nSPS) is 17.6. The number of anilines is 1. The number of carboxylic acids is 1. The van der Waals surface area contributed by atoms with Gasteiger partial charge in [-0.15, -0.1) is 0 Å². The standard InChI is InChI=1S/C27H23N3O3S/c1-16-10-11-18(15-17(16)2)30-25(24(29-27(30)34)21-9-5-6-14-28-21)23-13-12-22(33-23)19-7-3-4-8-20(19)26(31)32/h3-15,24-25H,1-2H3,(H,29,34)(H,31,32)/t24-,25-/m0/s1. The third kappa shape index (κ3) is 3.84. The summed E-state index contributed by atoms with van der Waals surface area (Å²) < 4.78 is 6.32. The van der Waals surface area contributed by atoms with Crippen molar-refractivity contribution in [1.29, 1.82) is 0 Å². The van der Waals surface area contributed by atoms with E-state index in [0.717, 1.165) is 16.9 Å². The summed E-state index contributed by atoms with van der Waals surface area (Å²) in [6.07, 6.45) is 1.76. The van der Waals surface area contributed by atoms with Gasteiger partial charge in [-0.3, -0.25) is 4.98 Å². The van der Waals surface area contributed by atoms with Crippen molar-refractivity contribution < 1.29 is 14.3 Å². The third-order valence-electron chi connectivity index (χ3n) is 6.21. The highest BCUT2D eigenvalue weighted by Gasteiger charge is 2.42. The van der Waals surface area contributed by atoms with E-state index in [1.807, 2.05) is 41.3 Å². The number of rotatable bonds is 5. The lowest BCUT2D eigenvalue weighted by Gasteiger charge is -2.26. The van der Waals surface area contributed by atoms with Gasteiger partial charge in [0, 0.05) is 17.4 Å². The maximum atomic E-state index is 11.7. The largest absolute Gasteiger partial charge is 0.478 e. The molecule has 0 radical (unpaired) electrons. The molecule has 0 amide bonds. The van der Waals surface area contributed by atoms with Crippen LogP contribution in [0.15, 0.2) is 83.4 Å². The molecule has 2 atom stereocenters. The molecule has 0 spiro atoms. The summed E-state index contributed by atoms with van der Waals surface area (Å²) in [5.74, 6) is 0.155. The number of aromatic carboxylic acids is 1. The summed E-state index contributed by atoms with van der Waals surface area (Å²) in [5.41, 5.74) is 4.87. The Bertz CT molecular complexity index is 1380. The number of pyridine rings is 1. The Morgan fingerprint density at radius 2 is 1.82 bits per heavy atom. The van der Waals surface area contributed by atoms with Crippen molar-refractivity contribution in [3.63, 3.8) is 0 Å². The zero-order chi connectivity index (χ0) is 23.8. The third-order valence-corrected chi connectivity index (χ3v) is 6.52. The molecule has 7 heteroatoms. The number of hydrogen-bond donors (Lipinski definition) is 2. The zero-order valence-electron chi connectivity index (χ0n) is 18.7. The van der Waals surface area contributed by atoms with Gasteiger partial charge in [0.2, 0.25) is 0 Å². The van der Waals surface area contributed by atoms with Gasteiger partial charge in [-0.1, -0.05) is 30.3 Å². The van der Waals surface area contributed by atoms with Crippen molar-refractivity contribution in [2.45, 2.75) is 25.9 Å². The second-order valence-electron chi connectivity index (χ2n) is 8.32. The van der Waals surface area contributed by atoms with Gasteiger partial charge < -0.3 is 19.7 Å². The average molecular weight is 470 g/mol. The van der Waals surface area contributed by atoms with Crippen LogP contribution >= 0.6 is 12.2 Å². The van der Waals surface area contributed by atoms with Crippen LogP contribution in [0.4, 0.5) is 5.69 Å². The lowest BCUT2D eigenvalue weighted by Crippen LogP contribution is -2.29. The molecule has 0 bridgehead atoms. The fourth-order valence-corrected chi connectivity index (χ4v) is 4.68. The molecule has 2 aromatic heterocycles. The smallest absolute Gasteiger partial charge is 0.336 e. The van der Waals surface area contributed by atoms with Crippen LogP contribution in [0, 0.1) is 13.8 Å². The van der Waals surface area contributed by atoms with E-state index in [1.165, 1.54) is 5.56 Å². The molecular formula is C27H23N3O3S. The quantitative estimate of drug-likeness (QED) is 0.356. The molecule has 5 rings (SSSR count). The Hall–Kier alpha value is -3.97. The number of benzene rings is 2.